The smallest absolute Gasteiger partial charge is 0.406 e. The number of nitrogens with one attached hydrogen (secondary N) is 1. The molecule has 11 heteroatoms. The van der Waals surface area contributed by atoms with Crippen LogP contribution in [-0.4, -0.2) is 31.6 Å². The van der Waals surface area contributed by atoms with Crippen molar-refractivity contribution < 1.29 is 22.7 Å². The van der Waals surface area contributed by atoms with E-state index in [-0.39, 0.29) is 18.8 Å². The molecule has 29 heavy (non-hydrogen) atoms. The summed E-state index contributed by atoms with van der Waals surface area (Å²) in [7, 11) is 0. The first kappa shape index (κ1) is 20.1. The molecule has 0 atom stereocenters. The van der Waals surface area contributed by atoms with Gasteiger partial charge in [0.05, 0.1) is 11.9 Å². The Kier molecular flexibility index (Phi) is 5.66. The van der Waals surface area contributed by atoms with E-state index in [1.54, 1.807) is 12.1 Å². The molecule has 152 valence electrons. The van der Waals surface area contributed by atoms with Crippen LogP contribution in [0.25, 0.3) is 5.69 Å². The Balaban J connectivity index is 1.57. The lowest BCUT2D eigenvalue weighted by atomic mass is 10.2. The molecule has 0 aliphatic rings. The molecule has 0 bridgehead atoms. The second-order valence-corrected chi connectivity index (χ2v) is 6.07. The average Bonchev–Trinajstić information content (AvgIpc) is 3.01. The van der Waals surface area contributed by atoms with Gasteiger partial charge in [-0.05, 0) is 36.8 Å². The average molecular weight is 407 g/mol. The lowest BCUT2D eigenvalue weighted by molar-refractivity contribution is -0.274. The van der Waals surface area contributed by atoms with Gasteiger partial charge in [-0.3, -0.25) is 9.78 Å². The van der Waals surface area contributed by atoms with Crippen LogP contribution in [0.3, 0.4) is 0 Å². The van der Waals surface area contributed by atoms with Gasteiger partial charge in [0.2, 0.25) is 5.91 Å². The zero-order valence-corrected chi connectivity index (χ0v) is 15.2. The fourth-order valence-corrected chi connectivity index (χ4v) is 2.43. The number of halogens is 3. The van der Waals surface area contributed by atoms with Crippen LogP contribution in [0.4, 0.5) is 13.2 Å². The molecule has 2 heterocycles. The van der Waals surface area contributed by atoms with Crippen molar-refractivity contribution in [3.63, 3.8) is 0 Å². The Morgan fingerprint density at radius 2 is 1.90 bits per heavy atom. The molecule has 8 nitrogen and oxygen atoms in total. The first-order valence-electron chi connectivity index (χ1n) is 8.40. The number of carbonyl (C=O) groups is 1. The van der Waals surface area contributed by atoms with Gasteiger partial charge in [0.1, 0.15) is 18.6 Å². The van der Waals surface area contributed by atoms with Crippen molar-refractivity contribution >= 4 is 5.91 Å². The minimum atomic E-state index is -4.76. The maximum Gasteiger partial charge on any atom is 0.573 e. The van der Waals surface area contributed by atoms with Gasteiger partial charge in [-0.2, -0.15) is 5.10 Å². The number of pyridine rings is 1. The monoisotopic (exact) mass is 407 g/mol. The number of rotatable bonds is 6. The summed E-state index contributed by atoms with van der Waals surface area (Å²) in [5.41, 5.74) is 1.39. The Bertz CT molecular complexity index is 1040. The molecule has 1 amide bonds. The van der Waals surface area contributed by atoms with Crippen LogP contribution in [0.15, 0.2) is 53.7 Å². The van der Waals surface area contributed by atoms with Crippen molar-refractivity contribution in [2.24, 2.45) is 0 Å². The van der Waals surface area contributed by atoms with Gasteiger partial charge >= 0.3 is 12.1 Å². The molecule has 0 fully saturated rings. The van der Waals surface area contributed by atoms with Crippen LogP contribution in [0, 0.1) is 6.92 Å². The number of hydrogen-bond acceptors (Lipinski definition) is 5. The summed E-state index contributed by atoms with van der Waals surface area (Å²) in [5, 5.41) is 6.49. The number of benzene rings is 1. The van der Waals surface area contributed by atoms with E-state index >= 15 is 0 Å². The molecular formula is C18H16F3N5O3. The Labute approximate surface area is 162 Å². The van der Waals surface area contributed by atoms with Crippen LogP contribution in [0.2, 0.25) is 0 Å². The summed E-state index contributed by atoms with van der Waals surface area (Å²) in [6.07, 6.45) is -1.95. The third-order valence-electron chi connectivity index (χ3n) is 3.85. The summed E-state index contributed by atoms with van der Waals surface area (Å²) in [6.45, 7) is 1.58. The second-order valence-electron chi connectivity index (χ2n) is 6.07. The highest BCUT2D eigenvalue weighted by Gasteiger charge is 2.30. The molecular weight excluding hydrogens is 391 g/mol. The standard InChI is InChI=1S/C18H16F3N5O3/c1-12-2-5-14(9-22-12)25-11-24-26(17(25)28)10-16(27)23-8-13-3-6-15(7-4-13)29-18(19,20)21/h2-7,9,11H,8,10H2,1H3,(H,23,27). The van der Waals surface area contributed by atoms with Gasteiger partial charge in [0.25, 0.3) is 0 Å². The van der Waals surface area contributed by atoms with Gasteiger partial charge in [0, 0.05) is 12.2 Å². The molecule has 2 aromatic heterocycles. The first-order valence-corrected chi connectivity index (χ1v) is 8.40. The Morgan fingerprint density at radius 3 is 2.52 bits per heavy atom. The molecule has 0 saturated heterocycles. The van der Waals surface area contributed by atoms with Gasteiger partial charge < -0.3 is 10.1 Å². The molecule has 0 unspecified atom stereocenters. The summed E-state index contributed by atoms with van der Waals surface area (Å²) in [6, 6.07) is 8.55. The summed E-state index contributed by atoms with van der Waals surface area (Å²) in [5.74, 6) is -0.828. The van der Waals surface area contributed by atoms with Crippen molar-refractivity contribution in [1.82, 2.24) is 24.6 Å². The zero-order chi connectivity index (χ0) is 21.0. The normalized spacial score (nSPS) is 11.3. The Morgan fingerprint density at radius 1 is 1.17 bits per heavy atom. The number of aromatic nitrogens is 4. The predicted octanol–water partition coefficient (Wildman–Crippen LogP) is 1.95. The van der Waals surface area contributed by atoms with Crippen LogP contribution >= 0.6 is 0 Å². The van der Waals surface area contributed by atoms with Crippen LogP contribution in [0.1, 0.15) is 11.3 Å². The molecule has 0 aliphatic heterocycles. The predicted molar refractivity (Wildman–Crippen MR) is 95.3 cm³/mol. The third-order valence-corrected chi connectivity index (χ3v) is 3.85. The van der Waals surface area contributed by atoms with Crippen LogP contribution < -0.4 is 15.7 Å². The number of aryl methyl sites for hydroxylation is 1. The molecule has 0 spiro atoms. The molecule has 3 aromatic rings. The van der Waals surface area contributed by atoms with Crippen LogP contribution in [-0.2, 0) is 17.9 Å². The molecule has 1 N–H and O–H groups in total. The maximum atomic E-state index is 12.4. The van der Waals surface area contributed by atoms with E-state index in [2.05, 4.69) is 20.1 Å². The third kappa shape index (κ3) is 5.43. The number of alkyl halides is 3. The van der Waals surface area contributed by atoms with Crippen molar-refractivity contribution in [3.05, 3.63) is 70.7 Å². The SMILES string of the molecule is Cc1ccc(-n2cnn(CC(=O)NCc3ccc(OC(F)(F)F)cc3)c2=O)cn1. The molecule has 1 aromatic carbocycles. The lowest BCUT2D eigenvalue weighted by Gasteiger charge is -2.09. The molecule has 3 rings (SSSR count). The van der Waals surface area contributed by atoms with E-state index in [1.165, 1.54) is 29.2 Å². The first-order chi connectivity index (χ1) is 13.7. The van der Waals surface area contributed by atoms with Crippen molar-refractivity contribution in [3.8, 4) is 11.4 Å². The van der Waals surface area contributed by atoms with E-state index in [1.807, 2.05) is 6.92 Å². The van der Waals surface area contributed by atoms with E-state index in [0.717, 1.165) is 22.5 Å². The summed E-state index contributed by atoms with van der Waals surface area (Å²) in [4.78, 5) is 28.6. The number of amides is 1. The summed E-state index contributed by atoms with van der Waals surface area (Å²) >= 11 is 0. The fraction of sp³-hybridized carbons (Fsp3) is 0.222. The highest BCUT2D eigenvalue weighted by atomic mass is 19.4. The largest absolute Gasteiger partial charge is 0.573 e. The Hall–Kier alpha value is -3.63. The second kappa shape index (κ2) is 8.17. The fourth-order valence-electron chi connectivity index (χ4n) is 2.43. The highest BCUT2D eigenvalue weighted by molar-refractivity contribution is 5.75. The van der Waals surface area contributed by atoms with Crippen molar-refractivity contribution in [2.45, 2.75) is 26.4 Å². The summed E-state index contributed by atoms with van der Waals surface area (Å²) < 4.78 is 42.5. The zero-order valence-electron chi connectivity index (χ0n) is 15.2. The van der Waals surface area contributed by atoms with E-state index < -0.39 is 18.0 Å². The highest BCUT2D eigenvalue weighted by Crippen LogP contribution is 2.22. The van der Waals surface area contributed by atoms with Gasteiger partial charge in [-0.1, -0.05) is 12.1 Å². The molecule has 0 aliphatic carbocycles. The van der Waals surface area contributed by atoms with Crippen LogP contribution in [0.5, 0.6) is 5.75 Å². The van der Waals surface area contributed by atoms with Gasteiger partial charge in [-0.15, -0.1) is 13.2 Å². The topological polar surface area (TPSA) is 91.0 Å². The van der Waals surface area contributed by atoms with Gasteiger partial charge in [-0.25, -0.2) is 14.0 Å². The van der Waals surface area contributed by atoms with E-state index in [9.17, 15) is 22.8 Å². The maximum absolute atomic E-state index is 12.4. The van der Waals surface area contributed by atoms with Gasteiger partial charge in [0.15, 0.2) is 0 Å². The number of hydrogen-bond donors (Lipinski definition) is 1. The quantitative estimate of drug-likeness (QED) is 0.675. The van der Waals surface area contributed by atoms with Crippen molar-refractivity contribution in [2.75, 3.05) is 0 Å². The lowest BCUT2D eigenvalue weighted by Crippen LogP contribution is -2.33. The number of nitrogens with zero attached hydrogens (tertiary/aromatic N) is 4. The number of ether oxygens (including phenoxy) is 1. The van der Waals surface area contributed by atoms with E-state index in [0.29, 0.717) is 11.3 Å². The molecule has 0 radical (unpaired) electrons. The minimum Gasteiger partial charge on any atom is -0.406 e. The minimum absolute atomic E-state index is 0.0719. The molecule has 0 saturated carbocycles. The van der Waals surface area contributed by atoms with Crippen molar-refractivity contribution in [1.29, 1.82) is 0 Å². The van der Waals surface area contributed by atoms with E-state index in [4.69, 9.17) is 0 Å². The number of carbonyl (C=O) groups excluding carboxylic acids is 1.